The lowest BCUT2D eigenvalue weighted by Crippen LogP contribution is -2.25. The molecule has 0 atom stereocenters. The van der Waals surface area contributed by atoms with Gasteiger partial charge in [-0.15, -0.1) is 14.6 Å². The van der Waals surface area contributed by atoms with E-state index in [4.69, 9.17) is 11.8 Å². The van der Waals surface area contributed by atoms with E-state index in [0.717, 1.165) is 11.1 Å². The molecule has 180 valence electrons. The van der Waals surface area contributed by atoms with Crippen molar-refractivity contribution >= 4 is 50.5 Å². The first kappa shape index (κ1) is 27.0. The Hall–Kier alpha value is -3.28. The molecule has 0 heterocycles. The summed E-state index contributed by atoms with van der Waals surface area (Å²) in [6.07, 6.45) is 0. The normalized spacial score (nSPS) is 11.2. The minimum atomic E-state index is -3.74. The summed E-state index contributed by atoms with van der Waals surface area (Å²) in [6, 6.07) is 9.14. The first-order valence-electron chi connectivity index (χ1n) is 9.83. The average molecular weight is 506 g/mol. The van der Waals surface area contributed by atoms with Gasteiger partial charge < -0.3 is 15.1 Å². The van der Waals surface area contributed by atoms with Gasteiger partial charge in [-0.1, -0.05) is 11.6 Å². The number of azo groups is 1. The van der Waals surface area contributed by atoms with E-state index in [1.165, 1.54) is 25.1 Å². The number of amides is 1. The van der Waals surface area contributed by atoms with E-state index in [-0.39, 0.29) is 16.5 Å². The fourth-order valence-corrected chi connectivity index (χ4v) is 3.96. The van der Waals surface area contributed by atoms with Crippen molar-refractivity contribution in [1.82, 2.24) is 0 Å². The molecule has 0 fully saturated rings. The topological polar surface area (TPSA) is 134 Å². The third kappa shape index (κ3) is 7.37. The van der Waals surface area contributed by atoms with Crippen LogP contribution >= 0.6 is 12.0 Å². The Morgan fingerprint density at radius 2 is 2.03 bits per heavy atom. The van der Waals surface area contributed by atoms with E-state index in [1.54, 1.807) is 18.2 Å². The minimum absolute atomic E-state index is 0.0680. The highest BCUT2D eigenvalue weighted by Crippen LogP contribution is 2.36. The van der Waals surface area contributed by atoms with Gasteiger partial charge in [-0.2, -0.15) is 0 Å². The molecule has 0 spiro atoms. The third-order valence-corrected chi connectivity index (χ3v) is 6.42. The average Bonchev–Trinajstić information content (AvgIpc) is 2.82. The zero-order valence-corrected chi connectivity index (χ0v) is 20.1. The number of anilines is 2. The number of nitrogens with zero attached hydrogens (tertiary/aromatic N) is 4. The van der Waals surface area contributed by atoms with Gasteiger partial charge in [0.1, 0.15) is 11.4 Å². The number of carbonyl (C=O) groups is 1. The van der Waals surface area contributed by atoms with Crippen LogP contribution in [0.25, 0.3) is 4.85 Å². The molecule has 2 N–H and O–H groups in total. The predicted octanol–water partition coefficient (Wildman–Crippen LogP) is 5.15. The molecule has 0 aliphatic heterocycles. The standard InChI is InChI=1S/C21H23N5O6S2/c1-5-26(12-11-22-4)16-7-9-18(19(13-16)23-15(3)27)24-25-20-14-17(34(29,30)6-2)8-10-21(20)33-32-31-28/h6-10,13-14,28H,2,5,11-12H2,1,3H3,(H,23,27). The van der Waals surface area contributed by atoms with Gasteiger partial charge in [0.05, 0.1) is 34.1 Å². The lowest BCUT2D eigenvalue weighted by atomic mass is 10.2. The minimum Gasteiger partial charge on any atom is -0.364 e. The van der Waals surface area contributed by atoms with Crippen LogP contribution < -0.4 is 10.2 Å². The summed E-state index contributed by atoms with van der Waals surface area (Å²) in [5, 5.41) is 23.9. The number of sulfone groups is 1. The lowest BCUT2D eigenvalue weighted by Gasteiger charge is -2.21. The smallest absolute Gasteiger partial charge is 0.231 e. The largest absolute Gasteiger partial charge is 0.364 e. The molecule has 0 unspecified atom stereocenters. The number of rotatable bonds is 12. The Morgan fingerprint density at radius 1 is 1.29 bits per heavy atom. The molecule has 11 nitrogen and oxygen atoms in total. The van der Waals surface area contributed by atoms with Crippen LogP contribution in [-0.2, 0) is 24.0 Å². The third-order valence-electron chi connectivity index (χ3n) is 4.42. The number of hydrogen-bond acceptors (Lipinski definition) is 10. The fraction of sp³-hybridized carbons (Fsp3) is 0.238. The molecule has 0 saturated heterocycles. The molecule has 2 rings (SSSR count). The van der Waals surface area contributed by atoms with Gasteiger partial charge in [0.25, 0.3) is 0 Å². The predicted molar refractivity (Wildman–Crippen MR) is 129 cm³/mol. The highest BCUT2D eigenvalue weighted by atomic mass is 32.2. The summed E-state index contributed by atoms with van der Waals surface area (Å²) >= 11 is 0.594. The highest BCUT2D eigenvalue weighted by molar-refractivity contribution is 7.95. The van der Waals surface area contributed by atoms with Crippen molar-refractivity contribution in [1.29, 1.82) is 0 Å². The zero-order valence-electron chi connectivity index (χ0n) is 18.5. The van der Waals surface area contributed by atoms with Gasteiger partial charge in [-0.3, -0.25) is 4.79 Å². The van der Waals surface area contributed by atoms with Crippen molar-refractivity contribution in [3.8, 4) is 0 Å². The van der Waals surface area contributed by atoms with E-state index in [2.05, 4.69) is 36.3 Å². The van der Waals surface area contributed by atoms with Crippen molar-refractivity contribution in [2.24, 2.45) is 10.2 Å². The van der Waals surface area contributed by atoms with Crippen molar-refractivity contribution in [2.75, 3.05) is 29.9 Å². The van der Waals surface area contributed by atoms with Crippen molar-refractivity contribution < 1.29 is 27.8 Å². The molecule has 0 radical (unpaired) electrons. The Labute approximate surface area is 201 Å². The summed E-state index contributed by atoms with van der Waals surface area (Å²) in [6.45, 7) is 15.1. The summed E-state index contributed by atoms with van der Waals surface area (Å²) in [4.78, 5) is 17.3. The van der Waals surface area contributed by atoms with Gasteiger partial charge in [-0.25, -0.2) is 20.2 Å². The Balaban J connectivity index is 2.51. The molecule has 2 aromatic carbocycles. The first-order chi connectivity index (χ1) is 16.2. The second-order valence-corrected chi connectivity index (χ2v) is 9.25. The molecule has 13 heteroatoms. The molecular weight excluding hydrogens is 482 g/mol. The van der Waals surface area contributed by atoms with Crippen LogP contribution in [0.3, 0.4) is 0 Å². The number of hydrogen-bond donors (Lipinski definition) is 2. The SMILES string of the molecule is [C-]#[N+]CCN(CC)c1ccc(N=Nc2cc(S(=O)(=O)C=C)ccc2SOOO)c(NC(C)=O)c1. The molecular formula is C21H23N5O6S2. The molecule has 0 aliphatic carbocycles. The Morgan fingerprint density at radius 3 is 2.65 bits per heavy atom. The molecule has 0 saturated carbocycles. The second-order valence-electron chi connectivity index (χ2n) is 6.61. The second kappa shape index (κ2) is 12.8. The van der Waals surface area contributed by atoms with Crippen molar-refractivity contribution in [3.05, 3.63) is 59.8 Å². The summed E-state index contributed by atoms with van der Waals surface area (Å²) in [5.41, 5.74) is 1.59. The molecule has 1 amide bonds. The van der Waals surface area contributed by atoms with Gasteiger partial charge in [0, 0.05) is 24.6 Å². The van der Waals surface area contributed by atoms with E-state index in [1.807, 2.05) is 11.8 Å². The molecule has 2 aromatic rings. The zero-order chi connectivity index (χ0) is 25.1. The van der Waals surface area contributed by atoms with Crippen LogP contribution in [0, 0.1) is 6.57 Å². The Bertz CT molecular complexity index is 1210. The van der Waals surface area contributed by atoms with Crippen LogP contribution in [0.4, 0.5) is 22.7 Å². The van der Waals surface area contributed by atoms with Gasteiger partial charge in [0.2, 0.25) is 12.5 Å². The van der Waals surface area contributed by atoms with Gasteiger partial charge in [-0.05, 0) is 43.3 Å². The van der Waals surface area contributed by atoms with E-state index in [0.29, 0.717) is 47.9 Å². The van der Waals surface area contributed by atoms with E-state index < -0.39 is 9.84 Å². The maximum absolute atomic E-state index is 12.2. The summed E-state index contributed by atoms with van der Waals surface area (Å²) in [5.74, 6) is -0.318. The maximum Gasteiger partial charge on any atom is 0.231 e. The Kier molecular flexibility index (Phi) is 10.2. The highest BCUT2D eigenvalue weighted by Gasteiger charge is 2.15. The molecule has 0 aromatic heterocycles. The number of nitrogens with one attached hydrogen (secondary N) is 1. The fourth-order valence-electron chi connectivity index (χ4n) is 2.82. The van der Waals surface area contributed by atoms with E-state index >= 15 is 0 Å². The van der Waals surface area contributed by atoms with Crippen LogP contribution in [0.15, 0.2) is 68.4 Å². The van der Waals surface area contributed by atoms with Crippen LogP contribution in [0.1, 0.15) is 13.8 Å². The number of carbonyl (C=O) groups excluding carboxylic acids is 1. The molecule has 0 bridgehead atoms. The monoisotopic (exact) mass is 505 g/mol. The first-order valence-corrected chi connectivity index (χ1v) is 12.1. The van der Waals surface area contributed by atoms with Crippen molar-refractivity contribution in [2.45, 2.75) is 23.6 Å². The van der Waals surface area contributed by atoms with Crippen molar-refractivity contribution in [3.63, 3.8) is 0 Å². The van der Waals surface area contributed by atoms with E-state index in [9.17, 15) is 13.2 Å². The summed E-state index contributed by atoms with van der Waals surface area (Å²) in [7, 11) is -3.74. The van der Waals surface area contributed by atoms with Crippen LogP contribution in [-0.4, -0.2) is 39.2 Å². The van der Waals surface area contributed by atoms with Crippen LogP contribution in [0.2, 0.25) is 0 Å². The number of benzene rings is 2. The van der Waals surface area contributed by atoms with Gasteiger partial charge in [0.15, 0.2) is 9.84 Å². The quantitative estimate of drug-likeness (QED) is 0.133. The molecule has 34 heavy (non-hydrogen) atoms. The number of likely N-dealkylation sites (N-methyl/N-ethyl adjacent to an activating group) is 1. The lowest BCUT2D eigenvalue weighted by molar-refractivity contribution is -0.432. The molecule has 0 aliphatic rings. The maximum atomic E-state index is 12.2. The summed E-state index contributed by atoms with van der Waals surface area (Å²) < 4.78 is 28.8. The van der Waals surface area contributed by atoms with Gasteiger partial charge >= 0.3 is 0 Å². The van der Waals surface area contributed by atoms with Crippen LogP contribution in [0.5, 0.6) is 0 Å².